The van der Waals surface area contributed by atoms with Crippen LogP contribution in [-0.4, -0.2) is 54.2 Å². The van der Waals surface area contributed by atoms with Gasteiger partial charge in [-0.15, -0.1) is 0 Å². The SMILES string of the molecule is C[C@@H]1CN(CCCCNC(=O)Cc2cccc3cccnc23)C[C@@H](C)O1. The fourth-order valence-corrected chi connectivity index (χ4v) is 3.70. The van der Waals surface area contributed by atoms with E-state index in [1.165, 1.54) is 0 Å². The predicted octanol–water partition coefficient (Wildman–Crippen LogP) is 2.78. The molecular formula is C21H29N3O2. The van der Waals surface area contributed by atoms with Crippen LogP contribution in [0.2, 0.25) is 0 Å². The molecule has 5 heteroatoms. The van der Waals surface area contributed by atoms with Gasteiger partial charge in [0.05, 0.1) is 24.1 Å². The van der Waals surface area contributed by atoms with Crippen molar-refractivity contribution in [2.45, 2.75) is 45.3 Å². The lowest BCUT2D eigenvalue weighted by molar-refractivity contribution is -0.120. The van der Waals surface area contributed by atoms with Crippen LogP contribution < -0.4 is 5.32 Å². The first-order valence-electron chi connectivity index (χ1n) is 9.59. The number of fused-ring (bicyclic) bond motifs is 1. The number of rotatable bonds is 7. The molecule has 0 spiro atoms. The quantitative estimate of drug-likeness (QED) is 0.776. The molecule has 1 aromatic heterocycles. The van der Waals surface area contributed by atoms with E-state index >= 15 is 0 Å². The number of carbonyl (C=O) groups is 1. The molecule has 0 bridgehead atoms. The number of unbranched alkanes of at least 4 members (excludes halogenated alkanes) is 1. The van der Waals surface area contributed by atoms with Crippen molar-refractivity contribution in [1.29, 1.82) is 0 Å². The Kier molecular flexibility index (Phi) is 6.58. The van der Waals surface area contributed by atoms with Crippen LogP contribution in [0.15, 0.2) is 36.5 Å². The summed E-state index contributed by atoms with van der Waals surface area (Å²) in [5.74, 6) is 0.0665. The fraction of sp³-hybridized carbons (Fsp3) is 0.524. The first-order chi connectivity index (χ1) is 12.6. The summed E-state index contributed by atoms with van der Waals surface area (Å²) < 4.78 is 5.76. The highest BCUT2D eigenvalue weighted by Crippen LogP contribution is 2.16. The molecular weight excluding hydrogens is 326 g/mol. The molecule has 1 N–H and O–H groups in total. The van der Waals surface area contributed by atoms with Crippen molar-refractivity contribution in [2.24, 2.45) is 0 Å². The van der Waals surface area contributed by atoms with Gasteiger partial charge in [-0.2, -0.15) is 0 Å². The number of carbonyl (C=O) groups excluding carboxylic acids is 1. The second kappa shape index (κ2) is 9.10. The Morgan fingerprint density at radius 3 is 2.77 bits per heavy atom. The van der Waals surface area contributed by atoms with E-state index in [0.29, 0.717) is 18.6 Å². The molecule has 0 unspecified atom stereocenters. The molecule has 0 saturated carbocycles. The number of nitrogens with zero attached hydrogens (tertiary/aromatic N) is 2. The summed E-state index contributed by atoms with van der Waals surface area (Å²) in [7, 11) is 0. The van der Waals surface area contributed by atoms with E-state index in [4.69, 9.17) is 4.74 Å². The lowest BCUT2D eigenvalue weighted by Crippen LogP contribution is -2.45. The van der Waals surface area contributed by atoms with Crippen LogP contribution in [0.4, 0.5) is 0 Å². The minimum absolute atomic E-state index is 0.0665. The summed E-state index contributed by atoms with van der Waals surface area (Å²) in [4.78, 5) is 19.1. The fourth-order valence-electron chi connectivity index (χ4n) is 3.70. The molecule has 2 aromatic rings. The number of ether oxygens (including phenoxy) is 1. The number of amides is 1. The molecule has 1 aliphatic heterocycles. The van der Waals surface area contributed by atoms with Crippen molar-refractivity contribution in [1.82, 2.24) is 15.2 Å². The van der Waals surface area contributed by atoms with Crippen molar-refractivity contribution in [3.8, 4) is 0 Å². The third-order valence-electron chi connectivity index (χ3n) is 4.79. The van der Waals surface area contributed by atoms with Crippen LogP contribution in [0.25, 0.3) is 10.9 Å². The van der Waals surface area contributed by atoms with Gasteiger partial charge in [-0.1, -0.05) is 24.3 Å². The summed E-state index contributed by atoms with van der Waals surface area (Å²) in [6.45, 7) is 8.07. The van der Waals surface area contributed by atoms with Gasteiger partial charge in [-0.25, -0.2) is 0 Å². The molecule has 1 amide bonds. The molecule has 26 heavy (non-hydrogen) atoms. The Balaban J connectivity index is 1.38. The highest BCUT2D eigenvalue weighted by atomic mass is 16.5. The highest BCUT2D eigenvalue weighted by molar-refractivity contribution is 5.87. The molecule has 2 atom stereocenters. The number of hydrogen-bond donors (Lipinski definition) is 1. The topological polar surface area (TPSA) is 54.5 Å². The number of morpholine rings is 1. The zero-order chi connectivity index (χ0) is 18.4. The average molecular weight is 355 g/mol. The summed E-state index contributed by atoms with van der Waals surface area (Å²) >= 11 is 0. The van der Waals surface area contributed by atoms with E-state index in [0.717, 1.165) is 55.5 Å². The van der Waals surface area contributed by atoms with Crippen LogP contribution >= 0.6 is 0 Å². The number of para-hydroxylation sites is 1. The van der Waals surface area contributed by atoms with Crippen molar-refractivity contribution in [3.63, 3.8) is 0 Å². The van der Waals surface area contributed by atoms with E-state index in [1.54, 1.807) is 6.20 Å². The van der Waals surface area contributed by atoms with Crippen molar-refractivity contribution < 1.29 is 9.53 Å². The number of pyridine rings is 1. The normalized spacial score (nSPS) is 21.0. The van der Waals surface area contributed by atoms with Gasteiger partial charge < -0.3 is 10.1 Å². The van der Waals surface area contributed by atoms with Crippen LogP contribution in [-0.2, 0) is 16.0 Å². The van der Waals surface area contributed by atoms with Gasteiger partial charge >= 0.3 is 0 Å². The molecule has 0 aliphatic carbocycles. The maximum absolute atomic E-state index is 12.2. The van der Waals surface area contributed by atoms with Gasteiger partial charge in [0, 0.05) is 31.2 Å². The molecule has 1 fully saturated rings. The smallest absolute Gasteiger partial charge is 0.224 e. The van der Waals surface area contributed by atoms with E-state index in [-0.39, 0.29) is 5.91 Å². The van der Waals surface area contributed by atoms with Crippen LogP contribution in [0, 0.1) is 0 Å². The minimum atomic E-state index is 0.0665. The molecule has 2 heterocycles. The molecule has 0 radical (unpaired) electrons. The maximum Gasteiger partial charge on any atom is 0.224 e. The van der Waals surface area contributed by atoms with Crippen LogP contribution in [0.3, 0.4) is 0 Å². The minimum Gasteiger partial charge on any atom is -0.373 e. The van der Waals surface area contributed by atoms with Crippen molar-refractivity contribution >= 4 is 16.8 Å². The zero-order valence-corrected chi connectivity index (χ0v) is 15.8. The number of benzene rings is 1. The largest absolute Gasteiger partial charge is 0.373 e. The Labute approximate surface area is 155 Å². The third-order valence-corrected chi connectivity index (χ3v) is 4.79. The first kappa shape index (κ1) is 18.8. The van der Waals surface area contributed by atoms with Gasteiger partial charge in [-0.3, -0.25) is 14.7 Å². The number of aromatic nitrogens is 1. The third kappa shape index (κ3) is 5.26. The summed E-state index contributed by atoms with van der Waals surface area (Å²) in [6.07, 6.45) is 4.87. The van der Waals surface area contributed by atoms with Gasteiger partial charge in [-0.05, 0) is 44.9 Å². The van der Waals surface area contributed by atoms with Crippen LogP contribution in [0.1, 0.15) is 32.3 Å². The monoisotopic (exact) mass is 355 g/mol. The number of nitrogens with one attached hydrogen (secondary N) is 1. The second-order valence-electron chi connectivity index (χ2n) is 7.24. The molecule has 1 aromatic carbocycles. The Morgan fingerprint density at radius 2 is 1.96 bits per heavy atom. The highest BCUT2D eigenvalue weighted by Gasteiger charge is 2.21. The lowest BCUT2D eigenvalue weighted by Gasteiger charge is -2.35. The summed E-state index contributed by atoms with van der Waals surface area (Å²) in [5, 5.41) is 4.12. The van der Waals surface area contributed by atoms with Gasteiger partial charge in [0.1, 0.15) is 0 Å². The summed E-state index contributed by atoms with van der Waals surface area (Å²) in [5.41, 5.74) is 1.90. The molecule has 140 valence electrons. The van der Waals surface area contributed by atoms with Gasteiger partial charge in [0.15, 0.2) is 0 Å². The summed E-state index contributed by atoms with van der Waals surface area (Å²) in [6, 6.07) is 9.93. The lowest BCUT2D eigenvalue weighted by atomic mass is 10.1. The molecule has 5 nitrogen and oxygen atoms in total. The van der Waals surface area contributed by atoms with E-state index in [1.807, 2.05) is 30.3 Å². The maximum atomic E-state index is 12.2. The average Bonchev–Trinajstić information content (AvgIpc) is 2.61. The van der Waals surface area contributed by atoms with Gasteiger partial charge in [0.25, 0.3) is 0 Å². The van der Waals surface area contributed by atoms with E-state index < -0.39 is 0 Å². The number of hydrogen-bond acceptors (Lipinski definition) is 4. The molecule has 3 rings (SSSR count). The zero-order valence-electron chi connectivity index (χ0n) is 15.8. The Bertz CT molecular complexity index is 719. The van der Waals surface area contributed by atoms with Crippen molar-refractivity contribution in [3.05, 3.63) is 42.1 Å². The van der Waals surface area contributed by atoms with E-state index in [2.05, 4.69) is 29.0 Å². The first-order valence-corrected chi connectivity index (χ1v) is 9.59. The standard InChI is InChI=1S/C21H29N3O2/c1-16-14-24(15-17(2)26-16)12-4-3-10-22-20(25)13-19-8-5-7-18-9-6-11-23-21(18)19/h5-9,11,16-17H,3-4,10,12-15H2,1-2H3,(H,22,25)/t16-,17-/m1/s1. The Hall–Kier alpha value is -1.98. The van der Waals surface area contributed by atoms with Crippen molar-refractivity contribution in [2.75, 3.05) is 26.2 Å². The van der Waals surface area contributed by atoms with E-state index in [9.17, 15) is 4.79 Å². The molecule has 1 aliphatic rings. The predicted molar refractivity (Wildman–Crippen MR) is 104 cm³/mol. The van der Waals surface area contributed by atoms with Gasteiger partial charge in [0.2, 0.25) is 5.91 Å². The second-order valence-corrected chi connectivity index (χ2v) is 7.24. The Morgan fingerprint density at radius 1 is 1.19 bits per heavy atom. The van der Waals surface area contributed by atoms with Crippen LogP contribution in [0.5, 0.6) is 0 Å². The molecule has 1 saturated heterocycles.